The van der Waals surface area contributed by atoms with Crippen LogP contribution in [0.1, 0.15) is 0 Å². The van der Waals surface area contributed by atoms with Gasteiger partial charge in [-0.05, 0) is 36.4 Å². The van der Waals surface area contributed by atoms with Crippen LogP contribution in [0.4, 0.5) is 11.4 Å². The van der Waals surface area contributed by atoms with Crippen molar-refractivity contribution >= 4 is 40.5 Å². The molecule has 1 amide bonds. The van der Waals surface area contributed by atoms with Crippen molar-refractivity contribution in [1.29, 1.82) is 5.26 Å². The topological polar surface area (TPSA) is 74.1 Å². The van der Waals surface area contributed by atoms with E-state index < -0.39 is 5.91 Å². The van der Waals surface area contributed by atoms with E-state index in [1.165, 1.54) is 6.20 Å². The number of rotatable bonds is 5. The Kier molecular flexibility index (Phi) is 6.07. The van der Waals surface area contributed by atoms with Gasteiger partial charge >= 0.3 is 0 Å². The maximum atomic E-state index is 12.1. The van der Waals surface area contributed by atoms with Crippen molar-refractivity contribution in [3.05, 3.63) is 64.3 Å². The summed E-state index contributed by atoms with van der Waals surface area (Å²) >= 11 is 11.9. The van der Waals surface area contributed by atoms with Crippen molar-refractivity contribution in [3.8, 4) is 11.8 Å². The second-order valence-corrected chi connectivity index (χ2v) is 5.38. The number of nitrogens with zero attached hydrogens (tertiary/aromatic N) is 1. The number of benzene rings is 2. The van der Waals surface area contributed by atoms with Gasteiger partial charge in [-0.3, -0.25) is 4.79 Å². The Morgan fingerprint density at radius 1 is 1.21 bits per heavy atom. The number of amides is 1. The normalized spacial score (nSPS) is 10.7. The lowest BCUT2D eigenvalue weighted by Crippen LogP contribution is -2.14. The number of carbonyl (C=O) groups excluding carboxylic acids is 1. The summed E-state index contributed by atoms with van der Waals surface area (Å²) < 4.78 is 5.04. The first-order valence-corrected chi connectivity index (χ1v) is 7.57. The molecule has 0 radical (unpaired) electrons. The molecular formula is C17H13Cl2N3O2. The molecule has 7 heteroatoms. The van der Waals surface area contributed by atoms with Gasteiger partial charge in [-0.2, -0.15) is 5.26 Å². The summed E-state index contributed by atoms with van der Waals surface area (Å²) in [6, 6.07) is 13.6. The van der Waals surface area contributed by atoms with Gasteiger partial charge in [-0.15, -0.1) is 0 Å². The molecule has 0 aliphatic heterocycles. The van der Waals surface area contributed by atoms with Crippen LogP contribution >= 0.6 is 23.2 Å². The van der Waals surface area contributed by atoms with Crippen LogP contribution in [0.15, 0.2) is 54.2 Å². The number of ether oxygens (including phenoxy) is 1. The fourth-order valence-corrected chi connectivity index (χ4v) is 2.14. The Bertz CT molecular complexity index is 812. The molecule has 5 nitrogen and oxygen atoms in total. The minimum Gasteiger partial charge on any atom is -0.497 e. The molecule has 0 atom stereocenters. The van der Waals surface area contributed by atoms with Crippen molar-refractivity contribution in [3.63, 3.8) is 0 Å². The third-order valence-electron chi connectivity index (χ3n) is 3.04. The van der Waals surface area contributed by atoms with Gasteiger partial charge in [0, 0.05) is 11.9 Å². The number of methoxy groups -OCH3 is 1. The summed E-state index contributed by atoms with van der Waals surface area (Å²) in [5, 5.41) is 15.3. The maximum Gasteiger partial charge on any atom is 0.267 e. The molecular weight excluding hydrogens is 349 g/mol. The molecule has 2 aromatic carbocycles. The molecule has 0 spiro atoms. The first-order chi connectivity index (χ1) is 11.5. The lowest BCUT2D eigenvalue weighted by Gasteiger charge is -2.07. The molecule has 122 valence electrons. The first-order valence-electron chi connectivity index (χ1n) is 6.81. The van der Waals surface area contributed by atoms with E-state index in [0.717, 1.165) is 0 Å². The van der Waals surface area contributed by atoms with Gasteiger partial charge in [0.05, 0.1) is 22.8 Å². The molecule has 0 unspecified atom stereocenters. The van der Waals surface area contributed by atoms with Crippen molar-refractivity contribution in [2.45, 2.75) is 0 Å². The lowest BCUT2D eigenvalue weighted by atomic mass is 10.2. The highest BCUT2D eigenvalue weighted by atomic mass is 35.5. The molecule has 0 aromatic heterocycles. The molecule has 0 fully saturated rings. The highest BCUT2D eigenvalue weighted by molar-refractivity contribution is 6.43. The molecule has 0 bridgehead atoms. The molecule has 24 heavy (non-hydrogen) atoms. The first kappa shape index (κ1) is 17.7. The largest absolute Gasteiger partial charge is 0.497 e. The Balaban J connectivity index is 2.10. The number of halogens is 2. The van der Waals surface area contributed by atoms with Gasteiger partial charge in [-0.1, -0.05) is 29.3 Å². The molecule has 0 aliphatic rings. The van der Waals surface area contributed by atoms with Crippen LogP contribution < -0.4 is 15.4 Å². The van der Waals surface area contributed by atoms with Crippen LogP contribution in [-0.4, -0.2) is 13.0 Å². The summed E-state index contributed by atoms with van der Waals surface area (Å²) in [5.74, 6) is 0.120. The fourth-order valence-electron chi connectivity index (χ4n) is 1.79. The monoisotopic (exact) mass is 361 g/mol. The predicted octanol–water partition coefficient (Wildman–Crippen LogP) is 4.46. The Hall–Kier alpha value is -2.68. The smallest absolute Gasteiger partial charge is 0.267 e. The van der Waals surface area contributed by atoms with Crippen LogP contribution in [0.25, 0.3) is 0 Å². The van der Waals surface area contributed by atoms with Crippen molar-refractivity contribution in [1.82, 2.24) is 0 Å². The Morgan fingerprint density at radius 3 is 2.54 bits per heavy atom. The van der Waals surface area contributed by atoms with Gasteiger partial charge in [0.15, 0.2) is 0 Å². The molecule has 0 saturated carbocycles. The standard InChI is InChI=1S/C17H13Cl2N3O2/c1-24-13-7-5-12(6-8-13)22-17(23)11(9-20)10-21-15-4-2-3-14(18)16(15)19/h2-8,10,21H,1H3,(H,22,23)/b11-10-. The number of carbonyl (C=O) groups is 1. The quantitative estimate of drug-likeness (QED) is 0.608. The average Bonchev–Trinajstić information content (AvgIpc) is 2.59. The van der Waals surface area contributed by atoms with Crippen LogP contribution in [0.3, 0.4) is 0 Å². The zero-order valence-electron chi connectivity index (χ0n) is 12.6. The number of nitrogens with one attached hydrogen (secondary N) is 2. The molecule has 0 saturated heterocycles. The van der Waals surface area contributed by atoms with E-state index >= 15 is 0 Å². The summed E-state index contributed by atoms with van der Waals surface area (Å²) in [7, 11) is 1.55. The number of hydrogen-bond donors (Lipinski definition) is 2. The summed E-state index contributed by atoms with van der Waals surface area (Å²) in [6.07, 6.45) is 1.27. The highest BCUT2D eigenvalue weighted by Gasteiger charge is 2.10. The number of nitriles is 1. The number of hydrogen-bond acceptors (Lipinski definition) is 4. The van der Waals surface area contributed by atoms with E-state index in [0.29, 0.717) is 27.2 Å². The van der Waals surface area contributed by atoms with Gasteiger partial charge in [-0.25, -0.2) is 0 Å². The van der Waals surface area contributed by atoms with Crippen molar-refractivity contribution in [2.75, 3.05) is 17.7 Å². The van der Waals surface area contributed by atoms with E-state index in [2.05, 4.69) is 10.6 Å². The van der Waals surface area contributed by atoms with E-state index in [1.54, 1.807) is 49.6 Å². The minimum absolute atomic E-state index is 0.109. The van der Waals surface area contributed by atoms with E-state index in [-0.39, 0.29) is 5.57 Å². The van der Waals surface area contributed by atoms with E-state index in [4.69, 9.17) is 33.2 Å². The second kappa shape index (κ2) is 8.25. The fraction of sp³-hybridized carbons (Fsp3) is 0.0588. The summed E-state index contributed by atoms with van der Waals surface area (Å²) in [6.45, 7) is 0. The van der Waals surface area contributed by atoms with Crippen LogP contribution in [-0.2, 0) is 4.79 Å². The van der Waals surface area contributed by atoms with Crippen LogP contribution in [0.5, 0.6) is 5.75 Å². The highest BCUT2D eigenvalue weighted by Crippen LogP contribution is 2.29. The molecule has 2 rings (SSSR count). The predicted molar refractivity (Wildman–Crippen MR) is 95.4 cm³/mol. The van der Waals surface area contributed by atoms with Crippen LogP contribution in [0.2, 0.25) is 10.0 Å². The molecule has 2 aromatic rings. The third kappa shape index (κ3) is 4.42. The molecule has 0 aliphatic carbocycles. The lowest BCUT2D eigenvalue weighted by molar-refractivity contribution is -0.112. The minimum atomic E-state index is -0.548. The summed E-state index contributed by atoms with van der Waals surface area (Å²) in [4.78, 5) is 12.1. The van der Waals surface area contributed by atoms with Gasteiger partial charge in [0.25, 0.3) is 5.91 Å². The SMILES string of the molecule is COc1ccc(NC(=O)/C(C#N)=C\Nc2cccc(Cl)c2Cl)cc1. The van der Waals surface area contributed by atoms with Gasteiger partial charge < -0.3 is 15.4 Å². The van der Waals surface area contributed by atoms with Crippen LogP contribution in [0, 0.1) is 11.3 Å². The van der Waals surface area contributed by atoms with E-state index in [9.17, 15) is 4.79 Å². The molecule has 2 N–H and O–H groups in total. The maximum absolute atomic E-state index is 12.1. The summed E-state index contributed by atoms with van der Waals surface area (Å²) in [5.41, 5.74) is 0.929. The zero-order chi connectivity index (χ0) is 17.5. The second-order valence-electron chi connectivity index (χ2n) is 4.60. The van der Waals surface area contributed by atoms with Gasteiger partial charge in [0.1, 0.15) is 17.4 Å². The third-order valence-corrected chi connectivity index (χ3v) is 3.86. The Morgan fingerprint density at radius 2 is 1.92 bits per heavy atom. The number of anilines is 2. The average molecular weight is 362 g/mol. The molecule has 0 heterocycles. The zero-order valence-corrected chi connectivity index (χ0v) is 14.2. The van der Waals surface area contributed by atoms with E-state index in [1.807, 2.05) is 6.07 Å². The van der Waals surface area contributed by atoms with Gasteiger partial charge in [0.2, 0.25) is 0 Å². The van der Waals surface area contributed by atoms with Crippen molar-refractivity contribution < 1.29 is 9.53 Å². The Labute approximate surface area is 149 Å². The van der Waals surface area contributed by atoms with Crippen molar-refractivity contribution in [2.24, 2.45) is 0 Å².